The smallest absolute Gasteiger partial charge is 0.416 e. The lowest BCUT2D eigenvalue weighted by Crippen LogP contribution is -2.20. The van der Waals surface area contributed by atoms with E-state index in [1.807, 2.05) is 0 Å². The van der Waals surface area contributed by atoms with Crippen LogP contribution >= 0.6 is 0 Å². The number of rotatable bonds is 8. The van der Waals surface area contributed by atoms with E-state index in [0.29, 0.717) is 11.4 Å². The summed E-state index contributed by atoms with van der Waals surface area (Å²) in [5, 5.41) is 5.19. The van der Waals surface area contributed by atoms with Crippen molar-refractivity contribution < 1.29 is 37.0 Å². The Morgan fingerprint density at radius 2 is 1.41 bits per heavy atom. The van der Waals surface area contributed by atoms with Crippen LogP contribution in [0.15, 0.2) is 66.7 Å². The minimum atomic E-state index is -4.46. The summed E-state index contributed by atoms with van der Waals surface area (Å²) in [6.07, 6.45) is -4.46. The van der Waals surface area contributed by atoms with Gasteiger partial charge in [-0.1, -0.05) is 0 Å². The Balaban J connectivity index is 1.60. The first kappa shape index (κ1) is 24.4. The van der Waals surface area contributed by atoms with Gasteiger partial charge in [-0.05, 0) is 66.7 Å². The number of ether oxygens (including phenoxy) is 3. The average Bonchev–Trinajstić information content (AvgIpc) is 2.82. The minimum Gasteiger partial charge on any atom is -0.497 e. The Bertz CT molecular complexity index is 1150. The lowest BCUT2D eigenvalue weighted by atomic mass is 10.1. The molecule has 7 nitrogen and oxygen atoms in total. The number of carbonyl (C=O) groups excluding carboxylic acids is 2. The Morgan fingerprint density at radius 3 is 2.00 bits per heavy atom. The Morgan fingerprint density at radius 1 is 0.794 bits per heavy atom. The molecule has 0 unspecified atom stereocenters. The molecule has 0 radical (unpaired) electrons. The zero-order chi connectivity index (χ0) is 24.7. The van der Waals surface area contributed by atoms with E-state index >= 15 is 0 Å². The van der Waals surface area contributed by atoms with E-state index in [-0.39, 0.29) is 29.4 Å². The first-order valence-corrected chi connectivity index (χ1v) is 9.93. The van der Waals surface area contributed by atoms with Crippen LogP contribution in [0.4, 0.5) is 24.5 Å². The van der Waals surface area contributed by atoms with Crippen LogP contribution in [0.25, 0.3) is 0 Å². The highest BCUT2D eigenvalue weighted by atomic mass is 19.4. The van der Waals surface area contributed by atoms with Gasteiger partial charge in [0.25, 0.3) is 11.8 Å². The highest BCUT2D eigenvalue weighted by molar-refractivity contribution is 6.04. The van der Waals surface area contributed by atoms with Gasteiger partial charge in [0.05, 0.1) is 19.8 Å². The van der Waals surface area contributed by atoms with Crippen molar-refractivity contribution in [3.05, 3.63) is 77.9 Å². The second-order valence-corrected chi connectivity index (χ2v) is 6.96. The Hall–Kier alpha value is -4.21. The van der Waals surface area contributed by atoms with Gasteiger partial charge < -0.3 is 24.8 Å². The number of carbonyl (C=O) groups is 2. The molecule has 2 N–H and O–H groups in total. The van der Waals surface area contributed by atoms with Gasteiger partial charge in [0.15, 0.2) is 18.1 Å². The van der Waals surface area contributed by atoms with Crippen molar-refractivity contribution in [2.75, 3.05) is 31.5 Å². The highest BCUT2D eigenvalue weighted by Gasteiger charge is 2.30. The molecular formula is C24H21F3N2O5. The maximum Gasteiger partial charge on any atom is 0.416 e. The van der Waals surface area contributed by atoms with Crippen LogP contribution in [0, 0.1) is 0 Å². The molecule has 0 atom stereocenters. The molecule has 10 heteroatoms. The largest absolute Gasteiger partial charge is 0.497 e. The van der Waals surface area contributed by atoms with Crippen molar-refractivity contribution in [2.24, 2.45) is 0 Å². The summed E-state index contributed by atoms with van der Waals surface area (Å²) < 4.78 is 53.8. The minimum absolute atomic E-state index is 0.187. The summed E-state index contributed by atoms with van der Waals surface area (Å²) in [7, 11) is 2.91. The normalized spacial score (nSPS) is 10.9. The molecule has 0 aliphatic heterocycles. The molecule has 0 bridgehead atoms. The molecule has 0 aromatic heterocycles. The maximum atomic E-state index is 12.7. The number of benzene rings is 3. The molecule has 0 fully saturated rings. The molecule has 0 aliphatic rings. The molecule has 0 saturated heterocycles. The van der Waals surface area contributed by atoms with Gasteiger partial charge in [0, 0.05) is 16.9 Å². The summed E-state index contributed by atoms with van der Waals surface area (Å²) >= 11 is 0. The molecule has 2 amide bonds. The van der Waals surface area contributed by atoms with E-state index in [9.17, 15) is 22.8 Å². The number of amides is 2. The monoisotopic (exact) mass is 474 g/mol. The Labute approximate surface area is 193 Å². The summed E-state index contributed by atoms with van der Waals surface area (Å²) in [5.74, 6) is 0.135. The Kier molecular flexibility index (Phi) is 7.62. The number of nitrogens with one attached hydrogen (secondary N) is 2. The van der Waals surface area contributed by atoms with Gasteiger partial charge in [-0.15, -0.1) is 0 Å². The fourth-order valence-electron chi connectivity index (χ4n) is 2.89. The van der Waals surface area contributed by atoms with Gasteiger partial charge in [-0.3, -0.25) is 9.59 Å². The van der Waals surface area contributed by atoms with Crippen LogP contribution in [-0.2, 0) is 11.0 Å². The summed E-state index contributed by atoms with van der Waals surface area (Å²) in [6, 6.07) is 15.2. The molecule has 178 valence electrons. The van der Waals surface area contributed by atoms with Gasteiger partial charge >= 0.3 is 6.18 Å². The number of alkyl halides is 3. The molecular weight excluding hydrogens is 453 g/mol. The van der Waals surface area contributed by atoms with E-state index in [0.717, 1.165) is 24.3 Å². The van der Waals surface area contributed by atoms with Crippen LogP contribution in [0.3, 0.4) is 0 Å². The molecule has 0 heterocycles. The summed E-state index contributed by atoms with van der Waals surface area (Å²) in [6.45, 7) is -0.306. The van der Waals surface area contributed by atoms with Crippen molar-refractivity contribution in [1.29, 1.82) is 0 Å². The number of halogens is 3. The van der Waals surface area contributed by atoms with Crippen molar-refractivity contribution in [2.45, 2.75) is 6.18 Å². The van der Waals surface area contributed by atoms with Crippen LogP contribution in [0.5, 0.6) is 17.2 Å². The predicted molar refractivity (Wildman–Crippen MR) is 120 cm³/mol. The number of hydrogen-bond acceptors (Lipinski definition) is 5. The number of anilines is 2. The van der Waals surface area contributed by atoms with Crippen LogP contribution in [0.2, 0.25) is 0 Å². The van der Waals surface area contributed by atoms with Crippen LogP contribution in [-0.4, -0.2) is 32.6 Å². The van der Waals surface area contributed by atoms with Crippen LogP contribution in [0.1, 0.15) is 15.9 Å². The molecule has 0 spiro atoms. The van der Waals surface area contributed by atoms with Gasteiger partial charge in [0.2, 0.25) is 0 Å². The SMILES string of the molecule is COc1ccc(NC(=O)COc2ccc(C(=O)Nc3ccc(C(F)(F)F)cc3)cc2OC)cc1. The first-order chi connectivity index (χ1) is 16.2. The fraction of sp³-hybridized carbons (Fsp3) is 0.167. The molecule has 3 rings (SSSR count). The van der Waals surface area contributed by atoms with Gasteiger partial charge in [-0.2, -0.15) is 13.2 Å². The second-order valence-electron chi connectivity index (χ2n) is 6.96. The molecule has 34 heavy (non-hydrogen) atoms. The van der Waals surface area contributed by atoms with Crippen molar-refractivity contribution in [1.82, 2.24) is 0 Å². The zero-order valence-corrected chi connectivity index (χ0v) is 18.2. The highest BCUT2D eigenvalue weighted by Crippen LogP contribution is 2.31. The topological polar surface area (TPSA) is 85.9 Å². The van der Waals surface area contributed by atoms with E-state index in [4.69, 9.17) is 14.2 Å². The second kappa shape index (κ2) is 10.6. The lowest BCUT2D eigenvalue weighted by Gasteiger charge is -2.13. The third-order valence-corrected chi connectivity index (χ3v) is 4.63. The predicted octanol–water partition coefficient (Wildman–Crippen LogP) is 4.99. The van der Waals surface area contributed by atoms with E-state index in [2.05, 4.69) is 10.6 Å². The van der Waals surface area contributed by atoms with Crippen LogP contribution < -0.4 is 24.8 Å². The van der Waals surface area contributed by atoms with Crippen molar-refractivity contribution >= 4 is 23.2 Å². The first-order valence-electron chi connectivity index (χ1n) is 9.93. The number of methoxy groups -OCH3 is 2. The van der Waals surface area contributed by atoms with Crippen molar-refractivity contribution in [3.8, 4) is 17.2 Å². The van der Waals surface area contributed by atoms with E-state index in [1.165, 1.54) is 25.3 Å². The maximum absolute atomic E-state index is 12.7. The summed E-state index contributed by atoms with van der Waals surface area (Å²) in [5.41, 5.74) is 0.139. The van der Waals surface area contributed by atoms with Gasteiger partial charge in [0.1, 0.15) is 5.75 Å². The zero-order valence-electron chi connectivity index (χ0n) is 18.2. The standard InChI is InChI=1S/C24H21F3N2O5/c1-32-19-10-8-17(9-11-19)28-22(30)14-34-20-12-3-15(13-21(20)33-2)23(31)29-18-6-4-16(5-7-18)24(25,26)27/h3-13H,14H2,1-2H3,(H,28,30)(H,29,31). The molecule has 0 saturated carbocycles. The molecule has 3 aromatic carbocycles. The lowest BCUT2D eigenvalue weighted by molar-refractivity contribution is -0.137. The van der Waals surface area contributed by atoms with E-state index in [1.54, 1.807) is 31.4 Å². The molecule has 3 aromatic rings. The quantitative estimate of drug-likeness (QED) is 0.480. The van der Waals surface area contributed by atoms with Gasteiger partial charge in [-0.25, -0.2) is 0 Å². The average molecular weight is 474 g/mol. The third kappa shape index (κ3) is 6.41. The fourth-order valence-corrected chi connectivity index (χ4v) is 2.89. The third-order valence-electron chi connectivity index (χ3n) is 4.63. The molecule has 0 aliphatic carbocycles. The number of hydrogen-bond donors (Lipinski definition) is 2. The van der Waals surface area contributed by atoms with E-state index < -0.39 is 23.6 Å². The summed E-state index contributed by atoms with van der Waals surface area (Å²) in [4.78, 5) is 24.6. The van der Waals surface area contributed by atoms with Crippen molar-refractivity contribution in [3.63, 3.8) is 0 Å².